The molecule has 3 N–H and O–H groups in total. The van der Waals surface area contributed by atoms with Crippen LogP contribution in [0.3, 0.4) is 0 Å². The molecule has 6 nitrogen and oxygen atoms in total. The van der Waals surface area contributed by atoms with Gasteiger partial charge in [0.25, 0.3) is 0 Å². The van der Waals surface area contributed by atoms with E-state index >= 15 is 0 Å². The summed E-state index contributed by atoms with van der Waals surface area (Å²) in [6.07, 6.45) is 2.01. The molecule has 0 amide bonds. The first kappa shape index (κ1) is 17.2. The van der Waals surface area contributed by atoms with Gasteiger partial charge < -0.3 is 14.5 Å². The van der Waals surface area contributed by atoms with Crippen LogP contribution in [0, 0.1) is 0 Å². The van der Waals surface area contributed by atoms with E-state index in [-0.39, 0.29) is 0 Å². The Labute approximate surface area is 111 Å². The van der Waals surface area contributed by atoms with Crippen molar-refractivity contribution in [2.45, 2.75) is 19.8 Å². The molecule has 0 aromatic rings. The van der Waals surface area contributed by atoms with Crippen LogP contribution in [0.15, 0.2) is 4.99 Å². The number of ether oxygens (including phenoxy) is 1. The van der Waals surface area contributed by atoms with Gasteiger partial charge in [-0.05, 0) is 40.4 Å². The van der Waals surface area contributed by atoms with Crippen molar-refractivity contribution in [3.63, 3.8) is 0 Å². The zero-order chi connectivity index (χ0) is 13.8. The molecule has 0 rings (SSSR count). The molecule has 0 bridgehead atoms. The SMILES string of the molecule is CCOCCCN=C(NN)N(C)CCCN(C)C. The Morgan fingerprint density at radius 3 is 2.50 bits per heavy atom. The number of nitrogens with zero attached hydrogens (tertiary/aromatic N) is 3. The lowest BCUT2D eigenvalue weighted by atomic mass is 10.4. The monoisotopic (exact) mass is 259 g/mol. The van der Waals surface area contributed by atoms with E-state index in [1.165, 1.54) is 0 Å². The maximum Gasteiger partial charge on any atom is 0.208 e. The minimum absolute atomic E-state index is 0.734. The summed E-state index contributed by atoms with van der Waals surface area (Å²) < 4.78 is 5.26. The average Bonchev–Trinajstić information content (AvgIpc) is 2.33. The van der Waals surface area contributed by atoms with Crippen LogP contribution in [0.5, 0.6) is 0 Å². The summed E-state index contributed by atoms with van der Waals surface area (Å²) in [5.74, 6) is 6.22. The van der Waals surface area contributed by atoms with E-state index in [2.05, 4.69) is 29.4 Å². The van der Waals surface area contributed by atoms with Gasteiger partial charge in [-0.1, -0.05) is 0 Å². The second-order valence-electron chi connectivity index (χ2n) is 4.48. The van der Waals surface area contributed by atoms with E-state index < -0.39 is 0 Å². The van der Waals surface area contributed by atoms with Crippen LogP contribution in [-0.4, -0.2) is 69.8 Å². The summed E-state index contributed by atoms with van der Waals surface area (Å²) in [5.41, 5.74) is 2.65. The topological polar surface area (TPSA) is 66.1 Å². The highest BCUT2D eigenvalue weighted by Crippen LogP contribution is 1.92. The molecular formula is C12H29N5O. The third-order valence-corrected chi connectivity index (χ3v) is 2.50. The number of guanidine groups is 1. The predicted molar refractivity (Wildman–Crippen MR) is 76.5 cm³/mol. The molecule has 108 valence electrons. The first-order valence-electron chi connectivity index (χ1n) is 6.56. The molecule has 0 aromatic carbocycles. The molecule has 0 spiro atoms. The van der Waals surface area contributed by atoms with Gasteiger partial charge >= 0.3 is 0 Å². The third-order valence-electron chi connectivity index (χ3n) is 2.50. The Morgan fingerprint density at radius 2 is 1.94 bits per heavy atom. The highest BCUT2D eigenvalue weighted by molar-refractivity contribution is 5.79. The quantitative estimate of drug-likeness (QED) is 0.202. The van der Waals surface area contributed by atoms with Crippen molar-refractivity contribution in [3.8, 4) is 0 Å². The number of nitrogens with one attached hydrogen (secondary N) is 1. The Morgan fingerprint density at radius 1 is 1.22 bits per heavy atom. The predicted octanol–water partition coefficient (Wildman–Crippen LogP) is 0.116. The molecule has 0 fully saturated rings. The van der Waals surface area contributed by atoms with Crippen LogP contribution in [0.1, 0.15) is 19.8 Å². The highest BCUT2D eigenvalue weighted by atomic mass is 16.5. The molecule has 6 heteroatoms. The second kappa shape index (κ2) is 11.3. The summed E-state index contributed by atoms with van der Waals surface area (Å²) in [5, 5.41) is 0. The molecule has 0 atom stereocenters. The molecule has 0 radical (unpaired) electrons. The van der Waals surface area contributed by atoms with Gasteiger partial charge in [0.1, 0.15) is 0 Å². The summed E-state index contributed by atoms with van der Waals surface area (Å²) in [6.45, 7) is 6.24. The van der Waals surface area contributed by atoms with E-state index in [0.717, 1.165) is 51.6 Å². The van der Waals surface area contributed by atoms with Crippen molar-refractivity contribution in [2.75, 3.05) is 54.0 Å². The summed E-state index contributed by atoms with van der Waals surface area (Å²) in [7, 11) is 6.14. The molecule has 18 heavy (non-hydrogen) atoms. The largest absolute Gasteiger partial charge is 0.382 e. The first-order valence-corrected chi connectivity index (χ1v) is 6.56. The zero-order valence-corrected chi connectivity index (χ0v) is 12.3. The first-order chi connectivity index (χ1) is 8.61. The van der Waals surface area contributed by atoms with Gasteiger partial charge in [0, 0.05) is 33.4 Å². The van der Waals surface area contributed by atoms with Gasteiger partial charge in [-0.3, -0.25) is 10.4 Å². The van der Waals surface area contributed by atoms with Gasteiger partial charge in [-0.15, -0.1) is 0 Å². The standard InChI is InChI=1S/C12H29N5O/c1-5-18-11-6-8-14-12(15-13)17(4)10-7-9-16(2)3/h5-11,13H2,1-4H3,(H,14,15). The van der Waals surface area contributed by atoms with Crippen molar-refractivity contribution in [2.24, 2.45) is 10.8 Å². The molecule has 0 aliphatic carbocycles. The lowest BCUT2D eigenvalue weighted by molar-refractivity contribution is 0.146. The molecule has 0 aliphatic heterocycles. The molecule has 0 saturated carbocycles. The number of hydrazine groups is 1. The molecule has 0 unspecified atom stereocenters. The van der Waals surface area contributed by atoms with Crippen LogP contribution >= 0.6 is 0 Å². The summed E-state index contributed by atoms with van der Waals surface area (Å²) >= 11 is 0. The van der Waals surface area contributed by atoms with E-state index in [4.69, 9.17) is 10.6 Å². The Hall–Kier alpha value is -0.850. The van der Waals surface area contributed by atoms with Gasteiger partial charge in [0.05, 0.1) is 0 Å². The maximum atomic E-state index is 5.48. The molecule has 0 heterocycles. The molecular weight excluding hydrogens is 230 g/mol. The fourth-order valence-corrected chi connectivity index (χ4v) is 1.50. The van der Waals surface area contributed by atoms with Crippen LogP contribution in [-0.2, 0) is 4.74 Å². The van der Waals surface area contributed by atoms with Crippen LogP contribution in [0.4, 0.5) is 0 Å². The Balaban J connectivity index is 3.86. The maximum absolute atomic E-state index is 5.48. The number of aliphatic imine (C=N–C) groups is 1. The normalized spacial score (nSPS) is 12.0. The summed E-state index contributed by atoms with van der Waals surface area (Å²) in [4.78, 5) is 8.64. The van der Waals surface area contributed by atoms with E-state index in [1.54, 1.807) is 0 Å². The van der Waals surface area contributed by atoms with Gasteiger partial charge in [0.15, 0.2) is 0 Å². The van der Waals surface area contributed by atoms with Crippen molar-refractivity contribution in [1.82, 2.24) is 15.2 Å². The van der Waals surface area contributed by atoms with Crippen molar-refractivity contribution in [3.05, 3.63) is 0 Å². The van der Waals surface area contributed by atoms with E-state index in [0.29, 0.717) is 0 Å². The minimum Gasteiger partial charge on any atom is -0.382 e. The Kier molecular flexibility index (Phi) is 10.7. The number of hydrogen-bond donors (Lipinski definition) is 2. The average molecular weight is 259 g/mol. The third kappa shape index (κ3) is 9.21. The van der Waals surface area contributed by atoms with Gasteiger partial charge in [-0.2, -0.15) is 0 Å². The van der Waals surface area contributed by atoms with E-state index in [9.17, 15) is 0 Å². The molecule has 0 aromatic heterocycles. The lowest BCUT2D eigenvalue weighted by Gasteiger charge is -2.21. The minimum atomic E-state index is 0.734. The molecule has 0 aliphatic rings. The summed E-state index contributed by atoms with van der Waals surface area (Å²) in [6, 6.07) is 0. The van der Waals surface area contributed by atoms with Gasteiger partial charge in [-0.25, -0.2) is 5.84 Å². The lowest BCUT2D eigenvalue weighted by Crippen LogP contribution is -2.43. The fraction of sp³-hybridized carbons (Fsp3) is 0.917. The van der Waals surface area contributed by atoms with Crippen LogP contribution < -0.4 is 11.3 Å². The number of hydrogen-bond acceptors (Lipinski definition) is 4. The van der Waals surface area contributed by atoms with Crippen LogP contribution in [0.2, 0.25) is 0 Å². The second-order valence-corrected chi connectivity index (χ2v) is 4.48. The zero-order valence-electron chi connectivity index (χ0n) is 12.3. The molecule has 0 saturated heterocycles. The van der Waals surface area contributed by atoms with Crippen molar-refractivity contribution >= 4 is 5.96 Å². The smallest absolute Gasteiger partial charge is 0.208 e. The van der Waals surface area contributed by atoms with Crippen LogP contribution in [0.25, 0.3) is 0 Å². The fourth-order valence-electron chi connectivity index (χ4n) is 1.50. The van der Waals surface area contributed by atoms with Crippen molar-refractivity contribution in [1.29, 1.82) is 0 Å². The van der Waals surface area contributed by atoms with Crippen molar-refractivity contribution < 1.29 is 4.74 Å². The van der Waals surface area contributed by atoms with E-state index in [1.807, 2.05) is 18.9 Å². The highest BCUT2D eigenvalue weighted by Gasteiger charge is 2.04. The number of nitrogens with two attached hydrogens (primary N) is 1. The Bertz CT molecular complexity index is 221. The number of rotatable bonds is 9. The van der Waals surface area contributed by atoms with Gasteiger partial charge in [0.2, 0.25) is 5.96 Å².